The molecular weight excluding hydrogens is 312 g/mol. The van der Waals surface area contributed by atoms with Crippen LogP contribution in [0.2, 0.25) is 5.02 Å². The van der Waals surface area contributed by atoms with E-state index in [1.807, 2.05) is 61.5 Å². The van der Waals surface area contributed by atoms with Crippen molar-refractivity contribution in [2.24, 2.45) is 0 Å². The molecule has 0 saturated carbocycles. The average Bonchev–Trinajstić information content (AvgIpc) is 2.98. The van der Waals surface area contributed by atoms with E-state index in [2.05, 4.69) is 6.07 Å². The van der Waals surface area contributed by atoms with Gasteiger partial charge < -0.3 is 0 Å². The van der Waals surface area contributed by atoms with Crippen molar-refractivity contribution < 1.29 is 4.79 Å². The Balaban J connectivity index is 1.78. The van der Waals surface area contributed by atoms with Crippen molar-refractivity contribution in [3.63, 3.8) is 0 Å². The van der Waals surface area contributed by atoms with Gasteiger partial charge in [-0.1, -0.05) is 53.6 Å². The highest BCUT2D eigenvalue weighted by Crippen LogP contribution is 2.29. The molecule has 0 aliphatic heterocycles. The van der Waals surface area contributed by atoms with Gasteiger partial charge in [0.15, 0.2) is 5.78 Å². The molecule has 0 spiro atoms. The Morgan fingerprint density at radius 1 is 1.05 bits per heavy atom. The number of hydrogen-bond acceptors (Lipinski definition) is 2. The fourth-order valence-corrected chi connectivity index (χ4v) is 3.43. The lowest BCUT2D eigenvalue weighted by Gasteiger charge is -2.01. The van der Waals surface area contributed by atoms with E-state index in [1.165, 1.54) is 16.9 Å². The number of carbonyl (C=O) groups is 1. The lowest BCUT2D eigenvalue weighted by molar-refractivity contribution is 0.0997. The van der Waals surface area contributed by atoms with Crippen LogP contribution < -0.4 is 0 Å². The van der Waals surface area contributed by atoms with Crippen LogP contribution in [0.25, 0.3) is 10.4 Å². The van der Waals surface area contributed by atoms with Gasteiger partial charge in [-0.25, -0.2) is 0 Å². The molecule has 0 aliphatic carbocycles. The zero-order valence-corrected chi connectivity index (χ0v) is 13.7. The highest BCUT2D eigenvalue weighted by Gasteiger charge is 2.11. The highest BCUT2D eigenvalue weighted by molar-refractivity contribution is 7.17. The maximum Gasteiger partial charge on any atom is 0.177 e. The number of halogens is 1. The van der Waals surface area contributed by atoms with Crippen molar-refractivity contribution in [1.82, 2.24) is 0 Å². The fourth-order valence-electron chi connectivity index (χ4n) is 2.35. The first kappa shape index (κ1) is 15.0. The zero-order chi connectivity index (χ0) is 15.5. The molecule has 1 nitrogen and oxygen atoms in total. The molecule has 0 unspecified atom stereocenters. The highest BCUT2D eigenvalue weighted by atomic mass is 35.5. The molecule has 3 heteroatoms. The molecule has 0 N–H and O–H groups in total. The van der Waals surface area contributed by atoms with Gasteiger partial charge in [0.25, 0.3) is 0 Å². The molecule has 0 bridgehead atoms. The summed E-state index contributed by atoms with van der Waals surface area (Å²) in [6.45, 7) is 2.04. The standard InChI is InChI=1S/C19H15ClOS/c1-13-3-2-4-14(11-13)12-17(21)19-10-9-18(22-19)15-5-7-16(20)8-6-15/h2-11H,12H2,1H3. The molecule has 3 rings (SSSR count). The molecule has 3 aromatic rings. The largest absolute Gasteiger partial charge is 0.293 e. The van der Waals surface area contributed by atoms with Gasteiger partial charge in [-0.3, -0.25) is 4.79 Å². The fraction of sp³-hybridized carbons (Fsp3) is 0.105. The Kier molecular flexibility index (Phi) is 4.41. The average molecular weight is 327 g/mol. The van der Waals surface area contributed by atoms with Crippen LogP contribution in [0.4, 0.5) is 0 Å². The zero-order valence-electron chi connectivity index (χ0n) is 12.2. The third-order valence-electron chi connectivity index (χ3n) is 3.46. The minimum absolute atomic E-state index is 0.163. The van der Waals surface area contributed by atoms with Gasteiger partial charge in [0.1, 0.15) is 0 Å². The minimum atomic E-state index is 0.163. The van der Waals surface area contributed by atoms with Gasteiger partial charge in [0, 0.05) is 16.3 Å². The number of ketones is 1. The smallest absolute Gasteiger partial charge is 0.177 e. The van der Waals surface area contributed by atoms with Gasteiger partial charge in [0.05, 0.1) is 4.88 Å². The first-order chi connectivity index (χ1) is 10.6. The third kappa shape index (κ3) is 3.46. The van der Waals surface area contributed by atoms with Crippen LogP contribution in [-0.2, 0) is 6.42 Å². The SMILES string of the molecule is Cc1cccc(CC(=O)c2ccc(-c3ccc(Cl)cc3)s2)c1. The number of thiophene rings is 1. The quantitative estimate of drug-likeness (QED) is 0.553. The summed E-state index contributed by atoms with van der Waals surface area (Å²) < 4.78 is 0. The second-order valence-electron chi connectivity index (χ2n) is 5.26. The summed E-state index contributed by atoms with van der Waals surface area (Å²) in [5.74, 6) is 0.163. The van der Waals surface area contributed by atoms with E-state index in [0.29, 0.717) is 6.42 Å². The molecule has 0 atom stereocenters. The van der Waals surface area contributed by atoms with Crippen molar-refractivity contribution >= 4 is 28.7 Å². The second-order valence-corrected chi connectivity index (χ2v) is 6.78. The molecule has 0 amide bonds. The predicted molar refractivity (Wildman–Crippen MR) is 94.0 cm³/mol. The first-order valence-electron chi connectivity index (χ1n) is 7.06. The Bertz CT molecular complexity index is 802. The molecule has 110 valence electrons. The summed E-state index contributed by atoms with van der Waals surface area (Å²) >= 11 is 7.44. The van der Waals surface area contributed by atoms with Crippen LogP contribution in [0.5, 0.6) is 0 Å². The molecular formula is C19H15ClOS. The van der Waals surface area contributed by atoms with E-state index in [0.717, 1.165) is 25.9 Å². The Morgan fingerprint density at radius 3 is 2.55 bits per heavy atom. The normalized spacial score (nSPS) is 10.6. The Morgan fingerprint density at radius 2 is 1.82 bits per heavy atom. The molecule has 0 fully saturated rings. The maximum atomic E-state index is 12.4. The van der Waals surface area contributed by atoms with E-state index < -0.39 is 0 Å². The molecule has 1 heterocycles. The maximum absolute atomic E-state index is 12.4. The van der Waals surface area contributed by atoms with E-state index in [1.54, 1.807) is 0 Å². The van der Waals surface area contributed by atoms with Gasteiger partial charge in [-0.2, -0.15) is 0 Å². The summed E-state index contributed by atoms with van der Waals surface area (Å²) in [5.41, 5.74) is 3.33. The van der Waals surface area contributed by atoms with Gasteiger partial charge in [-0.05, 0) is 42.3 Å². The van der Waals surface area contributed by atoms with Crippen LogP contribution in [0, 0.1) is 6.92 Å². The number of Topliss-reactive ketones (excluding diaryl/α,β-unsaturated/α-hetero) is 1. The molecule has 2 aromatic carbocycles. The van der Waals surface area contributed by atoms with Crippen molar-refractivity contribution in [3.05, 3.63) is 81.7 Å². The molecule has 0 radical (unpaired) electrons. The van der Waals surface area contributed by atoms with Gasteiger partial charge in [-0.15, -0.1) is 11.3 Å². The summed E-state index contributed by atoms with van der Waals surface area (Å²) in [5, 5.41) is 0.719. The number of rotatable bonds is 4. The van der Waals surface area contributed by atoms with E-state index >= 15 is 0 Å². The molecule has 0 saturated heterocycles. The number of aryl methyl sites for hydroxylation is 1. The van der Waals surface area contributed by atoms with Crippen molar-refractivity contribution in [3.8, 4) is 10.4 Å². The van der Waals surface area contributed by atoms with Crippen LogP contribution in [0.15, 0.2) is 60.7 Å². The lowest BCUT2D eigenvalue weighted by Crippen LogP contribution is -2.01. The first-order valence-corrected chi connectivity index (χ1v) is 8.26. The van der Waals surface area contributed by atoms with Crippen LogP contribution >= 0.6 is 22.9 Å². The number of hydrogen-bond donors (Lipinski definition) is 0. The number of benzene rings is 2. The van der Waals surface area contributed by atoms with Crippen LogP contribution in [0.1, 0.15) is 20.8 Å². The summed E-state index contributed by atoms with van der Waals surface area (Å²) in [7, 11) is 0. The van der Waals surface area contributed by atoms with Crippen molar-refractivity contribution in [1.29, 1.82) is 0 Å². The summed E-state index contributed by atoms with van der Waals surface area (Å²) in [4.78, 5) is 14.3. The van der Waals surface area contributed by atoms with E-state index in [4.69, 9.17) is 11.6 Å². The summed E-state index contributed by atoms with van der Waals surface area (Å²) in [6, 6.07) is 19.7. The third-order valence-corrected chi connectivity index (χ3v) is 4.88. The monoisotopic (exact) mass is 326 g/mol. The van der Waals surface area contributed by atoms with Crippen molar-refractivity contribution in [2.75, 3.05) is 0 Å². The number of carbonyl (C=O) groups excluding carboxylic acids is 1. The summed E-state index contributed by atoms with van der Waals surface area (Å²) in [6.07, 6.45) is 0.447. The van der Waals surface area contributed by atoms with E-state index in [-0.39, 0.29) is 5.78 Å². The Hall–Kier alpha value is -1.90. The van der Waals surface area contributed by atoms with Crippen LogP contribution in [0.3, 0.4) is 0 Å². The van der Waals surface area contributed by atoms with Gasteiger partial charge in [0.2, 0.25) is 0 Å². The van der Waals surface area contributed by atoms with Crippen LogP contribution in [-0.4, -0.2) is 5.78 Å². The van der Waals surface area contributed by atoms with E-state index in [9.17, 15) is 4.79 Å². The molecule has 0 aliphatic rings. The topological polar surface area (TPSA) is 17.1 Å². The van der Waals surface area contributed by atoms with Gasteiger partial charge >= 0.3 is 0 Å². The predicted octanol–water partition coefficient (Wildman–Crippen LogP) is 5.80. The van der Waals surface area contributed by atoms with Crippen molar-refractivity contribution in [2.45, 2.75) is 13.3 Å². The minimum Gasteiger partial charge on any atom is -0.293 e. The molecule has 22 heavy (non-hydrogen) atoms. The molecule has 1 aromatic heterocycles. The lowest BCUT2D eigenvalue weighted by atomic mass is 10.1. The second kappa shape index (κ2) is 6.47. The Labute approximate surface area is 139 Å².